The van der Waals surface area contributed by atoms with E-state index < -0.39 is 5.91 Å². The van der Waals surface area contributed by atoms with Crippen LogP contribution < -0.4 is 10.1 Å². The molecule has 0 atom stereocenters. The number of ether oxygens (including phenoxy) is 1. The molecule has 0 saturated heterocycles. The lowest BCUT2D eigenvalue weighted by molar-refractivity contribution is -0.112. The fourth-order valence-electron chi connectivity index (χ4n) is 2.40. The molecule has 7 nitrogen and oxygen atoms in total. The summed E-state index contributed by atoms with van der Waals surface area (Å²) in [5, 5.41) is 21.1. The van der Waals surface area contributed by atoms with E-state index >= 15 is 0 Å². The first kappa shape index (κ1) is 18.4. The molecule has 27 heavy (non-hydrogen) atoms. The highest BCUT2D eigenvalue weighted by molar-refractivity contribution is 7.15. The van der Waals surface area contributed by atoms with Gasteiger partial charge in [0.15, 0.2) is 0 Å². The van der Waals surface area contributed by atoms with Crippen molar-refractivity contribution in [1.29, 1.82) is 5.26 Å². The molecular weight excluding hydrogens is 362 g/mol. The molecule has 3 rings (SSSR count). The number of hydrogen-bond donors (Lipinski definition) is 1. The maximum atomic E-state index is 12.4. The Morgan fingerprint density at radius 2 is 2.11 bits per heavy atom. The Bertz CT molecular complexity index is 1010. The van der Waals surface area contributed by atoms with Gasteiger partial charge in [-0.25, -0.2) is 0 Å². The first-order valence-corrected chi connectivity index (χ1v) is 9.03. The summed E-state index contributed by atoms with van der Waals surface area (Å²) < 4.78 is 7.05. The normalized spacial score (nSPS) is 11.1. The number of methoxy groups -OCH3 is 1. The Morgan fingerprint density at radius 1 is 1.33 bits per heavy atom. The van der Waals surface area contributed by atoms with Crippen LogP contribution in [0.5, 0.6) is 5.75 Å². The molecule has 1 amide bonds. The van der Waals surface area contributed by atoms with Gasteiger partial charge in [0.25, 0.3) is 5.91 Å². The highest BCUT2D eigenvalue weighted by Gasteiger charge is 2.13. The van der Waals surface area contributed by atoms with Crippen LogP contribution in [0.2, 0.25) is 0 Å². The van der Waals surface area contributed by atoms with Crippen molar-refractivity contribution in [3.8, 4) is 17.5 Å². The van der Waals surface area contributed by atoms with Gasteiger partial charge in [0.05, 0.1) is 7.11 Å². The number of amides is 1. The second-order valence-corrected chi connectivity index (χ2v) is 6.54. The number of aromatic nitrogens is 3. The minimum absolute atomic E-state index is 0.0169. The van der Waals surface area contributed by atoms with Gasteiger partial charge in [0, 0.05) is 17.6 Å². The van der Waals surface area contributed by atoms with E-state index in [2.05, 4.69) is 15.5 Å². The van der Waals surface area contributed by atoms with Gasteiger partial charge >= 0.3 is 0 Å². The van der Waals surface area contributed by atoms with Gasteiger partial charge < -0.3 is 9.30 Å². The number of nitrogens with zero attached hydrogens (tertiary/aromatic N) is 4. The molecule has 136 valence electrons. The number of rotatable bonds is 6. The van der Waals surface area contributed by atoms with Gasteiger partial charge in [-0.2, -0.15) is 5.26 Å². The van der Waals surface area contributed by atoms with Gasteiger partial charge in [-0.1, -0.05) is 18.3 Å². The van der Waals surface area contributed by atoms with Crippen LogP contribution in [0.4, 0.5) is 5.13 Å². The highest BCUT2D eigenvalue weighted by atomic mass is 32.1. The number of nitrogens with one attached hydrogen (secondary N) is 1. The first-order valence-electron chi connectivity index (χ1n) is 8.22. The summed E-state index contributed by atoms with van der Waals surface area (Å²) in [5.74, 6) is 0.238. The van der Waals surface area contributed by atoms with E-state index in [1.807, 2.05) is 60.2 Å². The lowest BCUT2D eigenvalue weighted by atomic mass is 10.2. The van der Waals surface area contributed by atoms with E-state index in [0.717, 1.165) is 22.9 Å². The molecule has 0 bridgehead atoms. The maximum Gasteiger partial charge on any atom is 0.268 e. The number of hydrogen-bond acceptors (Lipinski definition) is 6. The van der Waals surface area contributed by atoms with Crippen LogP contribution in [0.3, 0.4) is 0 Å². The molecule has 0 spiro atoms. The van der Waals surface area contributed by atoms with Gasteiger partial charge in [0.1, 0.15) is 22.4 Å². The summed E-state index contributed by atoms with van der Waals surface area (Å²) in [6, 6.07) is 13.1. The average Bonchev–Trinajstić information content (AvgIpc) is 3.35. The maximum absolute atomic E-state index is 12.4. The van der Waals surface area contributed by atoms with E-state index in [-0.39, 0.29) is 5.57 Å². The summed E-state index contributed by atoms with van der Waals surface area (Å²) >= 11 is 1.29. The molecule has 3 aromatic rings. The third-order valence-corrected chi connectivity index (χ3v) is 4.76. The van der Waals surface area contributed by atoms with Crippen molar-refractivity contribution in [3.63, 3.8) is 0 Å². The van der Waals surface area contributed by atoms with Crippen molar-refractivity contribution in [2.75, 3.05) is 12.4 Å². The van der Waals surface area contributed by atoms with E-state index in [9.17, 15) is 10.1 Å². The highest BCUT2D eigenvalue weighted by Crippen LogP contribution is 2.20. The summed E-state index contributed by atoms with van der Waals surface area (Å²) in [4.78, 5) is 12.4. The Morgan fingerprint density at radius 3 is 2.74 bits per heavy atom. The minimum atomic E-state index is -0.515. The van der Waals surface area contributed by atoms with Gasteiger partial charge in [-0.3, -0.25) is 10.1 Å². The number of aryl methyl sites for hydroxylation is 1. The predicted octanol–water partition coefficient (Wildman–Crippen LogP) is 3.45. The topological polar surface area (TPSA) is 92.8 Å². The molecule has 2 heterocycles. The largest absolute Gasteiger partial charge is 0.497 e. The van der Waals surface area contributed by atoms with Crippen LogP contribution in [0.15, 0.2) is 48.2 Å². The molecule has 1 aromatic carbocycles. The molecule has 0 aliphatic carbocycles. The van der Waals surface area contributed by atoms with E-state index in [1.54, 1.807) is 13.2 Å². The SMILES string of the molecule is CCc1nnc(NC(=O)/C(C#N)=C\c2cccn2-c2ccc(OC)cc2)s1. The number of carbonyl (C=O) groups is 1. The van der Waals surface area contributed by atoms with Crippen LogP contribution in [0.1, 0.15) is 17.6 Å². The van der Waals surface area contributed by atoms with Crippen molar-refractivity contribution in [2.45, 2.75) is 13.3 Å². The second kappa shape index (κ2) is 8.29. The second-order valence-electron chi connectivity index (χ2n) is 5.48. The number of anilines is 1. The zero-order valence-electron chi connectivity index (χ0n) is 14.8. The summed E-state index contributed by atoms with van der Waals surface area (Å²) in [5.41, 5.74) is 1.58. The summed E-state index contributed by atoms with van der Waals surface area (Å²) in [6.07, 6.45) is 4.14. The number of nitriles is 1. The van der Waals surface area contributed by atoms with Crippen molar-refractivity contribution >= 4 is 28.5 Å². The van der Waals surface area contributed by atoms with E-state index in [4.69, 9.17) is 4.74 Å². The molecule has 2 aromatic heterocycles. The molecule has 0 unspecified atom stereocenters. The average molecular weight is 379 g/mol. The molecule has 0 aliphatic heterocycles. The molecule has 1 N–H and O–H groups in total. The smallest absolute Gasteiger partial charge is 0.268 e. The summed E-state index contributed by atoms with van der Waals surface area (Å²) in [7, 11) is 1.61. The molecule has 0 fully saturated rings. The van der Waals surface area contributed by atoms with Gasteiger partial charge in [-0.15, -0.1) is 10.2 Å². The quantitative estimate of drug-likeness (QED) is 0.523. The Balaban J connectivity index is 1.84. The van der Waals surface area contributed by atoms with Crippen LogP contribution >= 0.6 is 11.3 Å². The fourth-order valence-corrected chi connectivity index (χ4v) is 3.07. The predicted molar refractivity (Wildman–Crippen MR) is 104 cm³/mol. The molecule has 8 heteroatoms. The minimum Gasteiger partial charge on any atom is -0.497 e. The van der Waals surface area contributed by atoms with Crippen LogP contribution in [0, 0.1) is 11.3 Å². The Hall–Kier alpha value is -3.44. The van der Waals surface area contributed by atoms with Crippen LogP contribution in [-0.4, -0.2) is 27.8 Å². The molecule has 0 saturated carbocycles. The third kappa shape index (κ3) is 4.22. The summed E-state index contributed by atoms with van der Waals surface area (Å²) in [6.45, 7) is 1.96. The van der Waals surface area contributed by atoms with E-state index in [0.29, 0.717) is 10.8 Å². The lowest BCUT2D eigenvalue weighted by Gasteiger charge is -2.08. The fraction of sp³-hybridized carbons (Fsp3) is 0.158. The molecule has 0 aliphatic rings. The standard InChI is InChI=1S/C19H17N5O2S/c1-3-17-22-23-19(27-17)21-18(25)13(12-20)11-15-5-4-10-24(15)14-6-8-16(26-2)9-7-14/h4-11H,3H2,1-2H3,(H,21,23,25)/b13-11-. The molecular formula is C19H17N5O2S. The van der Waals surface area contributed by atoms with Crippen LogP contribution in [-0.2, 0) is 11.2 Å². The zero-order chi connectivity index (χ0) is 19.2. The number of benzene rings is 1. The van der Waals surface area contributed by atoms with Gasteiger partial charge in [0.2, 0.25) is 5.13 Å². The van der Waals surface area contributed by atoms with E-state index in [1.165, 1.54) is 11.3 Å². The number of carbonyl (C=O) groups excluding carboxylic acids is 1. The monoisotopic (exact) mass is 379 g/mol. The van der Waals surface area contributed by atoms with Crippen molar-refractivity contribution in [2.24, 2.45) is 0 Å². The van der Waals surface area contributed by atoms with Crippen molar-refractivity contribution in [3.05, 3.63) is 58.9 Å². The Kier molecular flexibility index (Phi) is 5.64. The third-order valence-electron chi connectivity index (χ3n) is 3.78. The molecule has 0 radical (unpaired) electrons. The van der Waals surface area contributed by atoms with Crippen molar-refractivity contribution in [1.82, 2.24) is 14.8 Å². The lowest BCUT2D eigenvalue weighted by Crippen LogP contribution is -2.13. The first-order chi connectivity index (χ1) is 13.1. The Labute approximate surface area is 160 Å². The zero-order valence-corrected chi connectivity index (χ0v) is 15.7. The van der Waals surface area contributed by atoms with Gasteiger partial charge in [-0.05, 0) is 48.9 Å². The van der Waals surface area contributed by atoms with Crippen LogP contribution in [0.25, 0.3) is 11.8 Å². The van der Waals surface area contributed by atoms with Crippen molar-refractivity contribution < 1.29 is 9.53 Å².